The summed E-state index contributed by atoms with van der Waals surface area (Å²) in [5.74, 6) is -2.56. The first-order valence-corrected chi connectivity index (χ1v) is 47.9. The van der Waals surface area contributed by atoms with Gasteiger partial charge in [-0.25, -0.2) is 35.0 Å². The summed E-state index contributed by atoms with van der Waals surface area (Å²) < 4.78 is 136. The fourth-order valence-electron chi connectivity index (χ4n) is 17.1. The number of carbonyl (C=O) groups excluding carboxylic acids is 5. The monoisotopic (exact) mass is 1770 g/mol. The van der Waals surface area contributed by atoms with Crippen LogP contribution in [0.5, 0.6) is 0 Å². The van der Waals surface area contributed by atoms with Gasteiger partial charge in [0.2, 0.25) is 33.7 Å². The molecule has 6 aliphatic rings. The molecule has 25 nitrogen and oxygen atoms in total. The summed E-state index contributed by atoms with van der Waals surface area (Å²) in [4.78, 5) is 86.9. The highest BCUT2D eigenvalue weighted by atomic mass is 35.5. The maximum Gasteiger partial charge on any atom is 0.501 e. The number of amides is 5. The lowest BCUT2D eigenvalue weighted by molar-refractivity contribution is -0.147. The third-order valence-corrected chi connectivity index (χ3v) is 31.6. The molecule has 1 aromatic heterocycles. The van der Waals surface area contributed by atoms with Gasteiger partial charge in [0, 0.05) is 157 Å². The van der Waals surface area contributed by atoms with Crippen LogP contribution >= 0.6 is 34.7 Å². The molecule has 6 aromatic rings. The van der Waals surface area contributed by atoms with E-state index >= 15 is 0 Å². The van der Waals surface area contributed by atoms with Crippen LogP contribution in [0.3, 0.4) is 0 Å². The van der Waals surface area contributed by atoms with Gasteiger partial charge in [-0.3, -0.25) is 28.9 Å². The summed E-state index contributed by atoms with van der Waals surface area (Å²) in [6.07, 6.45) is 2.97. The molecule has 0 spiro atoms. The van der Waals surface area contributed by atoms with Gasteiger partial charge in [-0.2, -0.15) is 17.5 Å². The number of aryl methyl sites for hydroxylation is 1. The van der Waals surface area contributed by atoms with Gasteiger partial charge < -0.3 is 50.3 Å². The molecule has 652 valence electrons. The Hall–Kier alpha value is -7.54. The fourth-order valence-corrected chi connectivity index (χ4v) is 23.0. The number of sulfonamides is 2. The van der Waals surface area contributed by atoms with Gasteiger partial charge in [-0.15, -0.1) is 23.1 Å². The number of ether oxygens (including phenoxy) is 1. The summed E-state index contributed by atoms with van der Waals surface area (Å²) in [6.45, 7) is 24.0. The number of allylic oxidation sites excluding steroid dienone is 1. The maximum absolute atomic E-state index is 14.5. The van der Waals surface area contributed by atoms with E-state index in [9.17, 15) is 67.5 Å². The van der Waals surface area contributed by atoms with Crippen LogP contribution in [0.1, 0.15) is 139 Å². The lowest BCUT2D eigenvalue weighted by Crippen LogP contribution is -2.58. The third kappa shape index (κ3) is 22.7. The zero-order valence-electron chi connectivity index (χ0n) is 69.4. The topological polar surface area (TPSA) is 301 Å². The van der Waals surface area contributed by atoms with Gasteiger partial charge in [-0.05, 0) is 159 Å². The molecule has 0 bridgehead atoms. The number of anilines is 2. The van der Waals surface area contributed by atoms with Crippen molar-refractivity contribution in [3.63, 3.8) is 0 Å². The van der Waals surface area contributed by atoms with E-state index in [1.807, 2.05) is 85.3 Å². The molecule has 5 N–H and O–H groups in total. The van der Waals surface area contributed by atoms with Crippen molar-refractivity contribution in [1.82, 2.24) is 49.1 Å². The van der Waals surface area contributed by atoms with Crippen molar-refractivity contribution in [2.75, 3.05) is 134 Å². The number of hydrogen-bond acceptors (Lipinski definition) is 21. The Morgan fingerprint density at radius 2 is 1.43 bits per heavy atom. The smallest absolute Gasteiger partial charge is 0.391 e. The number of nitrogens with zero attached hydrogens (tertiary/aromatic N) is 8. The molecule has 6 heterocycles. The number of hydrogen-bond donors (Lipinski definition) is 5. The van der Waals surface area contributed by atoms with Crippen LogP contribution in [0.2, 0.25) is 5.02 Å². The van der Waals surface area contributed by atoms with E-state index < -0.39 is 121 Å². The van der Waals surface area contributed by atoms with Crippen molar-refractivity contribution >= 4 is 111 Å². The Kier molecular flexibility index (Phi) is 29.6. The van der Waals surface area contributed by atoms with Crippen LogP contribution in [0.25, 0.3) is 16.0 Å². The number of alkyl halides is 3. The number of thioether (sulfide) groups is 1. The highest BCUT2D eigenvalue weighted by molar-refractivity contribution is 7.99. The first-order valence-electron chi connectivity index (χ1n) is 41.1. The van der Waals surface area contributed by atoms with E-state index in [0.717, 1.165) is 88.7 Å². The molecule has 5 amide bonds. The summed E-state index contributed by atoms with van der Waals surface area (Å²) >= 11 is 9.39. The molecule has 5 aromatic carbocycles. The molecule has 6 atom stereocenters. The number of thiazole rings is 1. The Labute approximate surface area is 716 Å². The van der Waals surface area contributed by atoms with Crippen molar-refractivity contribution in [1.29, 1.82) is 0 Å². The molecule has 0 radical (unpaired) electrons. The average molecular weight is 1770 g/mol. The van der Waals surface area contributed by atoms with Gasteiger partial charge in [-0.1, -0.05) is 113 Å². The number of halogens is 4. The van der Waals surface area contributed by atoms with Gasteiger partial charge in [0.05, 0.1) is 56.1 Å². The number of aliphatic hydroxyl groups excluding tert-OH is 1. The minimum atomic E-state index is -6.13. The van der Waals surface area contributed by atoms with E-state index in [2.05, 4.69) is 59.6 Å². The predicted octanol–water partition coefficient (Wildman–Crippen LogP) is 11.4. The normalized spacial score (nSPS) is 21.1. The largest absolute Gasteiger partial charge is 0.501 e. The quantitative estimate of drug-likeness (QED) is 0.0273. The number of benzene rings is 5. The van der Waals surface area contributed by atoms with Crippen LogP contribution in [-0.2, 0) is 53.8 Å². The van der Waals surface area contributed by atoms with Crippen molar-refractivity contribution in [2.24, 2.45) is 16.2 Å². The highest BCUT2D eigenvalue weighted by Crippen LogP contribution is 2.45. The molecule has 34 heteroatoms. The second-order valence-electron chi connectivity index (χ2n) is 34.6. The summed E-state index contributed by atoms with van der Waals surface area (Å²) in [6, 6.07) is 30.7. The SMILES string of the molecule is Cc1ncsc1-c1ccc([C@H](C)NC(=O)[C@@H]2C[C@@H](O)CN2C(=O)[C@@H](NC(=O)CC(C)(C)C(=O)N2CCC(S(=O)(=O)N3CCN(C[C@]4(C)CCC(c5ccc(Cl)cc5)=C(CN5CCN(c6ccc(C(=O)NS(=O)(=O)c7ccc(N[C@H](CCN8CCCOCC8)CSc8ccccc8)c(S(=O)(=O)C(F)(F)F)c7)cc6)CC5)C4)CC3)CC2)C(C)(C)C)cc1. The van der Waals surface area contributed by atoms with E-state index in [1.165, 1.54) is 39.9 Å². The molecule has 1 aliphatic carbocycles. The fraction of sp³-hybridized carbons (Fsp3) is 0.535. The summed E-state index contributed by atoms with van der Waals surface area (Å²) in [5, 5.41) is 19.8. The van der Waals surface area contributed by atoms with Crippen molar-refractivity contribution in [3.05, 3.63) is 160 Å². The van der Waals surface area contributed by atoms with Crippen molar-refractivity contribution in [3.8, 4) is 10.4 Å². The number of β-amino-alcohol motifs (C(OH)–C–C–N with tert-alkyl or cyclic N) is 1. The number of piperazine rings is 2. The molecule has 12 rings (SSSR count). The Balaban J connectivity index is 0.608. The molecular weight excluding hydrogens is 1660 g/mol. The predicted molar refractivity (Wildman–Crippen MR) is 462 cm³/mol. The first-order chi connectivity index (χ1) is 56.7. The first kappa shape index (κ1) is 91.7. The molecule has 0 unspecified atom stereocenters. The molecule has 120 heavy (non-hydrogen) atoms. The van der Waals surface area contributed by atoms with Crippen molar-refractivity contribution < 1.29 is 72.2 Å². The molecular formula is C86H112ClF3N12O13S5. The summed E-state index contributed by atoms with van der Waals surface area (Å²) in [5.41, 5.74) is 0.539. The van der Waals surface area contributed by atoms with Crippen molar-refractivity contribution in [2.45, 2.75) is 169 Å². The zero-order valence-corrected chi connectivity index (χ0v) is 74.2. The van der Waals surface area contributed by atoms with Gasteiger partial charge in [0.15, 0.2) is 0 Å². The molecule has 5 saturated heterocycles. The lowest BCUT2D eigenvalue weighted by Gasteiger charge is -2.44. The number of aromatic nitrogens is 1. The molecule has 0 saturated carbocycles. The zero-order chi connectivity index (χ0) is 86.3. The number of aliphatic hydroxyl groups is 1. The molecule has 5 fully saturated rings. The molecule has 5 aliphatic heterocycles. The van der Waals surface area contributed by atoms with Gasteiger partial charge >= 0.3 is 5.51 Å². The third-order valence-electron chi connectivity index (χ3n) is 24.0. The van der Waals surface area contributed by atoms with Crippen LogP contribution < -0.4 is 25.6 Å². The summed E-state index contributed by atoms with van der Waals surface area (Å²) in [7, 11) is -14.8. The minimum Gasteiger partial charge on any atom is -0.391 e. The number of rotatable bonds is 29. The minimum absolute atomic E-state index is 0.0166. The van der Waals surface area contributed by atoms with Crippen LogP contribution in [0.15, 0.2) is 147 Å². The second-order valence-corrected chi connectivity index (χ2v) is 42.8. The van der Waals surface area contributed by atoms with Crippen LogP contribution in [0, 0.1) is 23.2 Å². The number of likely N-dealkylation sites (tertiary alicyclic amines) is 2. The Morgan fingerprint density at radius 1 is 0.767 bits per heavy atom. The average Bonchev–Trinajstić information content (AvgIpc) is 0.933. The standard InChI is InChI=1S/C86H112ClF3N12O13S5/c1-58(60-15-17-62(18-16-60)77-59(2)91-57-117-77)92-80(106)74-49-68(103)54-102(74)81(107)78(83(3,4)5)94-76(104)52-84(6,7)82(108)100-36-31-70(32-37-100)120(113,114)101-44-40-98(41-45-101)56-85(8)33-29-72(61-19-23-65(87)24-20-61)64(51-85)53-97-38-42-99(43-39-97)67-25-21-63(22-26-67)79(105)95-119(111,112)71-27-28-73(75(50-71)118(109,110)86(88,89)90)93-66(55-116-69-13-10-9-11-14-69)30-35-96-34-12-47-115-48-46-96/h9-11,13-28,50,57-58,66,68,70,74,78,93,103H,12,29-49,51-56H2,1-8H3,(H,92,106)(H,94,104)(H,95,105)/t58-,66+,68+,74-,78+,85+/m0/s1. The lowest BCUT2D eigenvalue weighted by atomic mass is 9.71. The highest BCUT2D eigenvalue weighted by Gasteiger charge is 2.50. The Bertz CT molecular complexity index is 5000. The van der Waals surface area contributed by atoms with Crippen LogP contribution in [-0.4, -0.2) is 252 Å². The van der Waals surface area contributed by atoms with Crippen LogP contribution in [0.4, 0.5) is 24.5 Å². The number of sulfone groups is 1. The number of carbonyl (C=O) groups is 5. The van der Waals surface area contributed by atoms with E-state index in [4.69, 9.17) is 16.3 Å². The number of piperidine rings is 1. The van der Waals surface area contributed by atoms with E-state index in [1.54, 1.807) is 72.8 Å². The van der Waals surface area contributed by atoms with E-state index in [0.29, 0.717) is 108 Å². The number of nitrogens with one attached hydrogen (secondary N) is 4. The second kappa shape index (κ2) is 38.7. The maximum atomic E-state index is 14.5. The van der Waals surface area contributed by atoms with Gasteiger partial charge in [0.1, 0.15) is 17.0 Å². The van der Waals surface area contributed by atoms with E-state index in [-0.39, 0.29) is 62.2 Å². The Morgan fingerprint density at radius 3 is 2.08 bits per heavy atom. The van der Waals surface area contributed by atoms with Gasteiger partial charge in [0.25, 0.3) is 25.8 Å².